The number of anilines is 1. The maximum absolute atomic E-state index is 12.8. The lowest BCUT2D eigenvalue weighted by atomic mass is 9.79. The fraction of sp³-hybridized carbons (Fsp3) is 0.619. The third-order valence-corrected chi connectivity index (χ3v) is 5.91. The van der Waals surface area contributed by atoms with Gasteiger partial charge in [0.25, 0.3) is 0 Å². The number of halogens is 1. The molecular weight excluding hydrogens is 378 g/mol. The molecule has 0 saturated carbocycles. The van der Waals surface area contributed by atoms with Crippen molar-refractivity contribution in [1.82, 2.24) is 10.6 Å². The molecule has 2 amide bonds. The number of amides is 2. The summed E-state index contributed by atoms with van der Waals surface area (Å²) >= 11 is 0. The van der Waals surface area contributed by atoms with E-state index >= 15 is 0 Å². The van der Waals surface area contributed by atoms with Crippen LogP contribution in [0.25, 0.3) is 0 Å². The van der Waals surface area contributed by atoms with E-state index in [0.29, 0.717) is 19.7 Å². The number of carbonyl (C=O) groups is 2. The Morgan fingerprint density at radius 2 is 2.04 bits per heavy atom. The van der Waals surface area contributed by atoms with Gasteiger partial charge in [0.15, 0.2) is 0 Å². The van der Waals surface area contributed by atoms with Crippen LogP contribution in [0.1, 0.15) is 31.7 Å². The molecule has 0 bridgehead atoms. The average molecular weight is 410 g/mol. The van der Waals surface area contributed by atoms with Gasteiger partial charge in [-0.3, -0.25) is 9.59 Å². The van der Waals surface area contributed by atoms with Crippen LogP contribution in [0.5, 0.6) is 0 Å². The van der Waals surface area contributed by atoms with Gasteiger partial charge in [-0.25, -0.2) is 0 Å². The van der Waals surface area contributed by atoms with Crippen LogP contribution < -0.4 is 15.5 Å². The second kappa shape index (κ2) is 10.2. The Labute approximate surface area is 173 Å². The number of ether oxygens (including phenoxy) is 1. The van der Waals surface area contributed by atoms with Crippen molar-refractivity contribution in [2.75, 3.05) is 44.8 Å². The Morgan fingerprint density at radius 1 is 1.32 bits per heavy atom. The second-order valence-corrected chi connectivity index (χ2v) is 7.79. The zero-order valence-corrected chi connectivity index (χ0v) is 17.6. The van der Waals surface area contributed by atoms with Crippen molar-refractivity contribution in [3.05, 3.63) is 29.8 Å². The van der Waals surface area contributed by atoms with Gasteiger partial charge in [0.1, 0.15) is 0 Å². The lowest BCUT2D eigenvalue weighted by molar-refractivity contribution is -0.127. The molecule has 2 aliphatic rings. The molecular formula is C21H32ClN3O3. The standard InChI is InChI=1S/C21H31N3O3.ClH/c1-3-16-6-4-5-7-18(16)24-13-17(12-19(24)25)20(26)23-14-21(15-27-2)8-10-22-11-9-21;/h4-7,17,22H,3,8-15H2,1-2H3,(H,23,26);1H. The lowest BCUT2D eigenvalue weighted by Crippen LogP contribution is -2.48. The first-order valence-corrected chi connectivity index (χ1v) is 9.94. The van der Waals surface area contributed by atoms with Crippen molar-refractivity contribution in [2.45, 2.75) is 32.6 Å². The highest BCUT2D eigenvalue weighted by Crippen LogP contribution is 2.30. The van der Waals surface area contributed by atoms with Crippen molar-refractivity contribution in [2.24, 2.45) is 11.3 Å². The topological polar surface area (TPSA) is 70.7 Å². The molecule has 2 N–H and O–H groups in total. The SMILES string of the molecule is CCc1ccccc1N1CC(C(=O)NCC2(COC)CCNCC2)CC1=O.Cl. The monoisotopic (exact) mass is 409 g/mol. The molecule has 1 atom stereocenters. The van der Waals surface area contributed by atoms with E-state index in [-0.39, 0.29) is 42.0 Å². The lowest BCUT2D eigenvalue weighted by Gasteiger charge is -2.37. The van der Waals surface area contributed by atoms with Gasteiger partial charge in [-0.1, -0.05) is 25.1 Å². The summed E-state index contributed by atoms with van der Waals surface area (Å²) in [7, 11) is 1.71. The first kappa shape index (κ1) is 22.7. The first-order chi connectivity index (χ1) is 13.1. The summed E-state index contributed by atoms with van der Waals surface area (Å²) in [5, 5.41) is 6.48. The quantitative estimate of drug-likeness (QED) is 0.724. The molecule has 3 rings (SSSR count). The smallest absolute Gasteiger partial charge is 0.227 e. The van der Waals surface area contributed by atoms with Gasteiger partial charge in [-0.05, 0) is 44.0 Å². The predicted octanol–water partition coefficient (Wildman–Crippen LogP) is 2.16. The highest BCUT2D eigenvalue weighted by Gasteiger charge is 2.38. The summed E-state index contributed by atoms with van der Waals surface area (Å²) in [6.07, 6.45) is 3.12. The molecule has 2 aliphatic heterocycles. The molecule has 0 radical (unpaired) electrons. The Morgan fingerprint density at radius 3 is 2.71 bits per heavy atom. The summed E-state index contributed by atoms with van der Waals surface area (Å²) in [5.41, 5.74) is 2.07. The van der Waals surface area contributed by atoms with Crippen molar-refractivity contribution < 1.29 is 14.3 Å². The molecule has 1 aromatic rings. The summed E-state index contributed by atoms with van der Waals surface area (Å²) in [6.45, 7) is 5.69. The zero-order valence-electron chi connectivity index (χ0n) is 16.8. The van der Waals surface area contributed by atoms with Gasteiger partial charge in [0.2, 0.25) is 11.8 Å². The number of para-hydroxylation sites is 1. The fourth-order valence-electron chi connectivity index (χ4n) is 4.24. The largest absolute Gasteiger partial charge is 0.384 e. The van der Waals surface area contributed by atoms with Crippen molar-refractivity contribution in [1.29, 1.82) is 0 Å². The van der Waals surface area contributed by atoms with Gasteiger partial charge in [0.05, 0.1) is 12.5 Å². The second-order valence-electron chi connectivity index (χ2n) is 7.79. The van der Waals surface area contributed by atoms with E-state index in [2.05, 4.69) is 17.6 Å². The number of carbonyl (C=O) groups excluding carboxylic acids is 2. The van der Waals surface area contributed by atoms with Crippen molar-refractivity contribution in [3.63, 3.8) is 0 Å². The predicted molar refractivity (Wildman–Crippen MR) is 113 cm³/mol. The molecule has 28 heavy (non-hydrogen) atoms. The fourth-order valence-corrected chi connectivity index (χ4v) is 4.24. The minimum atomic E-state index is -0.288. The number of piperidine rings is 1. The van der Waals surface area contributed by atoms with E-state index in [1.165, 1.54) is 0 Å². The third kappa shape index (κ3) is 5.04. The maximum atomic E-state index is 12.8. The van der Waals surface area contributed by atoms with Crippen LogP contribution in [0.2, 0.25) is 0 Å². The molecule has 0 aromatic heterocycles. The van der Waals surface area contributed by atoms with E-state index in [0.717, 1.165) is 43.6 Å². The summed E-state index contributed by atoms with van der Waals surface area (Å²) < 4.78 is 5.42. The number of rotatable bonds is 7. The van der Waals surface area contributed by atoms with Crippen LogP contribution in [-0.2, 0) is 20.7 Å². The Balaban J connectivity index is 0.00000280. The van der Waals surface area contributed by atoms with Gasteiger partial charge in [0, 0.05) is 37.7 Å². The van der Waals surface area contributed by atoms with Crippen LogP contribution in [-0.4, -0.2) is 51.7 Å². The van der Waals surface area contributed by atoms with Crippen molar-refractivity contribution >= 4 is 29.9 Å². The highest BCUT2D eigenvalue weighted by atomic mass is 35.5. The van der Waals surface area contributed by atoms with E-state index in [9.17, 15) is 9.59 Å². The Hall–Kier alpha value is -1.63. The van der Waals surface area contributed by atoms with E-state index in [1.807, 2.05) is 24.3 Å². The minimum absolute atomic E-state index is 0. The highest BCUT2D eigenvalue weighted by molar-refractivity contribution is 6.00. The molecule has 1 aromatic carbocycles. The first-order valence-electron chi connectivity index (χ1n) is 9.94. The van der Waals surface area contributed by atoms with Gasteiger partial charge in [-0.15, -0.1) is 12.4 Å². The van der Waals surface area contributed by atoms with E-state index in [4.69, 9.17) is 4.74 Å². The van der Waals surface area contributed by atoms with Crippen LogP contribution in [0.3, 0.4) is 0 Å². The number of hydrogen-bond acceptors (Lipinski definition) is 4. The summed E-state index contributed by atoms with van der Waals surface area (Å²) in [6, 6.07) is 7.95. The minimum Gasteiger partial charge on any atom is -0.384 e. The summed E-state index contributed by atoms with van der Waals surface area (Å²) in [5.74, 6) is -0.276. The molecule has 0 aliphatic carbocycles. The van der Waals surface area contributed by atoms with Crippen LogP contribution >= 0.6 is 12.4 Å². The molecule has 2 saturated heterocycles. The van der Waals surface area contributed by atoms with Crippen LogP contribution in [0.4, 0.5) is 5.69 Å². The molecule has 1 unspecified atom stereocenters. The Kier molecular flexibility index (Phi) is 8.28. The molecule has 6 nitrogen and oxygen atoms in total. The van der Waals surface area contributed by atoms with Crippen LogP contribution in [0.15, 0.2) is 24.3 Å². The number of methoxy groups -OCH3 is 1. The van der Waals surface area contributed by atoms with Gasteiger partial charge in [-0.2, -0.15) is 0 Å². The molecule has 7 heteroatoms. The van der Waals surface area contributed by atoms with Crippen LogP contribution in [0, 0.1) is 11.3 Å². The zero-order chi connectivity index (χ0) is 19.3. The maximum Gasteiger partial charge on any atom is 0.227 e. The van der Waals surface area contributed by atoms with Gasteiger partial charge >= 0.3 is 0 Å². The van der Waals surface area contributed by atoms with Crippen molar-refractivity contribution in [3.8, 4) is 0 Å². The summed E-state index contributed by atoms with van der Waals surface area (Å²) in [4.78, 5) is 27.1. The third-order valence-electron chi connectivity index (χ3n) is 5.91. The van der Waals surface area contributed by atoms with E-state index < -0.39 is 0 Å². The average Bonchev–Trinajstić information content (AvgIpc) is 3.08. The normalized spacial score (nSPS) is 21.3. The Bertz CT molecular complexity index is 671. The molecule has 2 fully saturated rings. The number of benzene rings is 1. The number of nitrogens with zero attached hydrogens (tertiary/aromatic N) is 1. The number of hydrogen-bond donors (Lipinski definition) is 2. The van der Waals surface area contributed by atoms with E-state index in [1.54, 1.807) is 12.0 Å². The molecule has 2 heterocycles. The number of nitrogens with one attached hydrogen (secondary N) is 2. The molecule has 156 valence electrons. The number of aryl methyl sites for hydroxylation is 1. The van der Waals surface area contributed by atoms with Gasteiger partial charge < -0.3 is 20.3 Å². The molecule has 0 spiro atoms.